The Balaban J connectivity index is 1.41. The number of nitrogens with zero attached hydrogens (tertiary/aromatic N) is 4. The third kappa shape index (κ3) is 5.10. The van der Waals surface area contributed by atoms with E-state index in [0.717, 1.165) is 29.1 Å². The van der Waals surface area contributed by atoms with Crippen LogP contribution in [-0.2, 0) is 16.1 Å². The van der Waals surface area contributed by atoms with Crippen LogP contribution in [0.15, 0.2) is 54.6 Å². The van der Waals surface area contributed by atoms with Crippen molar-refractivity contribution >= 4 is 29.0 Å². The molecule has 8 nitrogen and oxygen atoms in total. The van der Waals surface area contributed by atoms with Crippen LogP contribution in [0.25, 0.3) is 11.0 Å². The summed E-state index contributed by atoms with van der Waals surface area (Å²) in [6, 6.07) is 17.1. The van der Waals surface area contributed by atoms with Gasteiger partial charge in [-0.15, -0.1) is 0 Å². The largest absolute Gasteiger partial charge is 0.466 e. The fraction of sp³-hybridized carbons (Fsp3) is 0.400. The number of esters is 1. The van der Waals surface area contributed by atoms with Crippen molar-refractivity contribution in [1.82, 2.24) is 19.8 Å². The first-order valence-electron chi connectivity index (χ1n) is 11.6. The molecule has 8 heteroatoms. The number of carbonyl (C=O) groups excluding carboxylic acids is 2. The summed E-state index contributed by atoms with van der Waals surface area (Å²) in [6.45, 7) is 7.62. The predicted octanol–water partition coefficient (Wildman–Crippen LogP) is 3.58. The van der Waals surface area contributed by atoms with Gasteiger partial charge in [0.05, 0.1) is 30.1 Å². The SMILES string of the molecule is CCOC(=O)CC(NC(=O)N1CCN(c2nc3ccccc3n2CC)CC1)c1ccccc1. The Morgan fingerprint density at radius 3 is 2.39 bits per heavy atom. The van der Waals surface area contributed by atoms with Gasteiger partial charge in [0.25, 0.3) is 0 Å². The summed E-state index contributed by atoms with van der Waals surface area (Å²) in [6.07, 6.45) is 0.101. The highest BCUT2D eigenvalue weighted by Gasteiger charge is 2.27. The highest BCUT2D eigenvalue weighted by atomic mass is 16.5. The van der Waals surface area contributed by atoms with Crippen molar-refractivity contribution in [3.8, 4) is 0 Å². The van der Waals surface area contributed by atoms with Gasteiger partial charge in [-0.3, -0.25) is 4.79 Å². The molecule has 1 unspecified atom stereocenters. The van der Waals surface area contributed by atoms with Crippen LogP contribution in [0.5, 0.6) is 0 Å². The maximum absolute atomic E-state index is 13.1. The Bertz CT molecular complexity index is 1090. The molecular formula is C25H31N5O3. The van der Waals surface area contributed by atoms with Crippen molar-refractivity contribution in [2.75, 3.05) is 37.7 Å². The van der Waals surface area contributed by atoms with E-state index in [0.29, 0.717) is 32.8 Å². The second-order valence-electron chi connectivity index (χ2n) is 8.04. The maximum atomic E-state index is 13.1. The minimum absolute atomic E-state index is 0.101. The van der Waals surface area contributed by atoms with Gasteiger partial charge < -0.3 is 24.4 Å². The minimum atomic E-state index is -0.430. The van der Waals surface area contributed by atoms with Crippen molar-refractivity contribution in [3.63, 3.8) is 0 Å². The molecular weight excluding hydrogens is 418 g/mol. The van der Waals surface area contributed by atoms with E-state index in [9.17, 15) is 9.59 Å². The van der Waals surface area contributed by atoms with E-state index in [1.807, 2.05) is 48.5 Å². The molecule has 1 aromatic heterocycles. The molecule has 174 valence electrons. The number of piperazine rings is 1. The third-order valence-electron chi connectivity index (χ3n) is 5.98. The summed E-state index contributed by atoms with van der Waals surface area (Å²) in [5.41, 5.74) is 2.99. The molecule has 1 saturated heterocycles. The van der Waals surface area contributed by atoms with Crippen molar-refractivity contribution in [2.24, 2.45) is 0 Å². The summed E-state index contributed by atoms with van der Waals surface area (Å²) in [5.74, 6) is 0.623. The third-order valence-corrected chi connectivity index (χ3v) is 5.98. The fourth-order valence-corrected chi connectivity index (χ4v) is 4.29. The number of urea groups is 1. The number of amides is 2. The molecule has 1 fully saturated rings. The molecule has 4 rings (SSSR count). The first-order valence-corrected chi connectivity index (χ1v) is 11.6. The molecule has 3 aromatic rings. The lowest BCUT2D eigenvalue weighted by atomic mass is 10.0. The zero-order chi connectivity index (χ0) is 23.2. The first-order chi connectivity index (χ1) is 16.1. The van der Waals surface area contributed by atoms with E-state index in [-0.39, 0.29) is 18.4 Å². The second-order valence-corrected chi connectivity index (χ2v) is 8.04. The van der Waals surface area contributed by atoms with E-state index >= 15 is 0 Å². The van der Waals surface area contributed by atoms with Crippen molar-refractivity contribution in [1.29, 1.82) is 0 Å². The zero-order valence-electron chi connectivity index (χ0n) is 19.2. The van der Waals surface area contributed by atoms with E-state index in [1.54, 1.807) is 11.8 Å². The number of aryl methyl sites for hydroxylation is 1. The number of hydrogen-bond acceptors (Lipinski definition) is 5. The van der Waals surface area contributed by atoms with Gasteiger partial charge in [0.15, 0.2) is 0 Å². The van der Waals surface area contributed by atoms with Gasteiger partial charge >= 0.3 is 12.0 Å². The Morgan fingerprint density at radius 1 is 1.00 bits per heavy atom. The van der Waals surface area contributed by atoms with Crippen molar-refractivity contribution < 1.29 is 14.3 Å². The number of imidazole rings is 1. The lowest BCUT2D eigenvalue weighted by Gasteiger charge is -2.36. The van der Waals surface area contributed by atoms with Crippen LogP contribution in [0.4, 0.5) is 10.7 Å². The average molecular weight is 450 g/mol. The van der Waals surface area contributed by atoms with Crippen LogP contribution in [0.2, 0.25) is 0 Å². The van der Waals surface area contributed by atoms with Gasteiger partial charge in [-0.1, -0.05) is 42.5 Å². The quantitative estimate of drug-likeness (QED) is 0.558. The molecule has 2 aromatic carbocycles. The van der Waals surface area contributed by atoms with E-state index in [4.69, 9.17) is 9.72 Å². The summed E-state index contributed by atoms with van der Waals surface area (Å²) in [7, 11) is 0. The molecule has 33 heavy (non-hydrogen) atoms. The average Bonchev–Trinajstić information content (AvgIpc) is 3.23. The number of aromatic nitrogens is 2. The number of hydrogen-bond donors (Lipinski definition) is 1. The minimum Gasteiger partial charge on any atom is -0.466 e. The summed E-state index contributed by atoms with van der Waals surface area (Å²) in [4.78, 5) is 34.0. The van der Waals surface area contributed by atoms with E-state index < -0.39 is 6.04 Å². The van der Waals surface area contributed by atoms with Gasteiger partial charge in [0, 0.05) is 32.7 Å². The normalized spacial score (nSPS) is 14.8. The Kier molecular flexibility index (Phi) is 7.12. The Morgan fingerprint density at radius 2 is 1.70 bits per heavy atom. The van der Waals surface area contributed by atoms with Crippen molar-refractivity contribution in [3.05, 3.63) is 60.2 Å². The lowest BCUT2D eigenvalue weighted by Crippen LogP contribution is -2.53. The molecule has 2 amide bonds. The molecule has 0 saturated carbocycles. The Hall–Kier alpha value is -3.55. The highest BCUT2D eigenvalue weighted by molar-refractivity contribution is 5.79. The maximum Gasteiger partial charge on any atom is 0.318 e. The molecule has 1 atom stereocenters. The molecule has 1 aliphatic heterocycles. The van der Waals surface area contributed by atoms with Crippen LogP contribution >= 0.6 is 0 Å². The monoisotopic (exact) mass is 449 g/mol. The number of nitrogens with one attached hydrogen (secondary N) is 1. The standard InChI is InChI=1S/C25H31N5O3/c1-3-30-22-13-9-8-12-20(22)26-24(30)28-14-16-29(17-15-28)25(32)27-21(18-23(31)33-4-2)19-10-6-5-7-11-19/h5-13,21H,3-4,14-18H2,1-2H3,(H,27,32). The fourth-order valence-electron chi connectivity index (χ4n) is 4.29. The molecule has 0 radical (unpaired) electrons. The van der Waals surface area contributed by atoms with Crippen LogP contribution in [0.1, 0.15) is 31.9 Å². The van der Waals surface area contributed by atoms with Crippen molar-refractivity contribution in [2.45, 2.75) is 32.9 Å². The zero-order valence-corrected chi connectivity index (χ0v) is 19.2. The smallest absolute Gasteiger partial charge is 0.318 e. The lowest BCUT2D eigenvalue weighted by molar-refractivity contribution is -0.143. The van der Waals surface area contributed by atoms with Crippen LogP contribution in [-0.4, -0.2) is 59.2 Å². The number of carbonyl (C=O) groups is 2. The van der Waals surface area contributed by atoms with Gasteiger partial charge in [0.1, 0.15) is 0 Å². The summed E-state index contributed by atoms with van der Waals surface area (Å²) in [5, 5.41) is 3.04. The van der Waals surface area contributed by atoms with Crippen LogP contribution in [0, 0.1) is 0 Å². The van der Waals surface area contributed by atoms with E-state index in [2.05, 4.69) is 27.8 Å². The predicted molar refractivity (Wildman–Crippen MR) is 128 cm³/mol. The number of ether oxygens (including phenoxy) is 1. The number of anilines is 1. The first kappa shape index (κ1) is 22.6. The highest BCUT2D eigenvalue weighted by Crippen LogP contribution is 2.24. The van der Waals surface area contributed by atoms with E-state index in [1.165, 1.54) is 0 Å². The van der Waals surface area contributed by atoms with Gasteiger partial charge in [-0.2, -0.15) is 0 Å². The summed E-state index contributed by atoms with van der Waals surface area (Å²) >= 11 is 0. The molecule has 0 bridgehead atoms. The van der Waals surface area contributed by atoms with Gasteiger partial charge in [-0.05, 0) is 31.5 Å². The molecule has 1 aliphatic rings. The number of rotatable bonds is 7. The molecule has 0 aliphatic carbocycles. The van der Waals surface area contributed by atoms with Gasteiger partial charge in [0.2, 0.25) is 5.95 Å². The number of para-hydroxylation sites is 2. The number of fused-ring (bicyclic) bond motifs is 1. The topological polar surface area (TPSA) is 79.7 Å². The van der Waals surface area contributed by atoms with Crippen LogP contribution in [0.3, 0.4) is 0 Å². The molecule has 1 N–H and O–H groups in total. The van der Waals surface area contributed by atoms with Crippen LogP contribution < -0.4 is 10.2 Å². The van der Waals surface area contributed by atoms with Gasteiger partial charge in [-0.25, -0.2) is 9.78 Å². The molecule has 2 heterocycles. The second kappa shape index (κ2) is 10.4. The summed E-state index contributed by atoms with van der Waals surface area (Å²) < 4.78 is 7.33. The number of benzene rings is 2. The molecule has 0 spiro atoms. The Labute approximate surface area is 194 Å².